The fourth-order valence-corrected chi connectivity index (χ4v) is 3.30. The Morgan fingerprint density at radius 1 is 1.29 bits per heavy atom. The Bertz CT molecular complexity index is 1200. The van der Waals surface area contributed by atoms with Crippen molar-refractivity contribution in [2.75, 3.05) is 7.11 Å². The fourth-order valence-electron chi connectivity index (χ4n) is 3.13. The van der Waals surface area contributed by atoms with Crippen molar-refractivity contribution in [1.82, 2.24) is 29.2 Å². The molecule has 0 amide bonds. The van der Waals surface area contributed by atoms with Crippen LogP contribution in [0.2, 0.25) is 5.15 Å². The molecule has 0 atom stereocenters. The first-order chi connectivity index (χ1) is 13.4. The van der Waals surface area contributed by atoms with Crippen molar-refractivity contribution in [2.45, 2.75) is 26.4 Å². The van der Waals surface area contributed by atoms with Crippen molar-refractivity contribution in [3.63, 3.8) is 0 Å². The van der Waals surface area contributed by atoms with Crippen LogP contribution in [0.1, 0.15) is 22.6 Å². The molecule has 4 aromatic heterocycles. The smallest absolute Gasteiger partial charge is 0.191 e. The van der Waals surface area contributed by atoms with Crippen LogP contribution in [0.5, 0.6) is 0 Å². The van der Waals surface area contributed by atoms with Gasteiger partial charge in [-0.05, 0) is 18.6 Å². The van der Waals surface area contributed by atoms with Crippen molar-refractivity contribution >= 4 is 28.7 Å². The summed E-state index contributed by atoms with van der Waals surface area (Å²) in [5, 5.41) is 8.60. The average molecular weight is 403 g/mol. The number of pyridine rings is 1. The zero-order valence-corrected chi connectivity index (χ0v) is 15.9. The summed E-state index contributed by atoms with van der Waals surface area (Å²) in [7, 11) is 1.56. The van der Waals surface area contributed by atoms with Crippen LogP contribution in [0.3, 0.4) is 0 Å². The van der Waals surface area contributed by atoms with Gasteiger partial charge in [-0.15, -0.1) is 0 Å². The number of hydrogen-bond donors (Lipinski definition) is 0. The molecule has 0 radical (unpaired) electrons. The largest absolute Gasteiger partial charge is 0.378 e. The second-order valence-corrected chi connectivity index (χ2v) is 6.80. The number of rotatable bonds is 6. The Hall–Kier alpha value is -2.91. The molecule has 4 rings (SSSR count). The topological polar surface area (TPSA) is 86.7 Å². The summed E-state index contributed by atoms with van der Waals surface area (Å²) in [6.45, 7) is 1.93. The van der Waals surface area contributed by atoms with Crippen molar-refractivity contribution < 1.29 is 13.9 Å². The highest BCUT2D eigenvalue weighted by Crippen LogP contribution is 2.18. The zero-order chi connectivity index (χ0) is 19.8. The predicted octanol–water partition coefficient (Wildman–Crippen LogP) is 2.37. The minimum Gasteiger partial charge on any atom is -0.378 e. The first-order valence-corrected chi connectivity index (χ1v) is 8.86. The van der Waals surface area contributed by atoms with E-state index >= 15 is 0 Å². The lowest BCUT2D eigenvalue weighted by atomic mass is 10.0. The van der Waals surface area contributed by atoms with E-state index in [9.17, 15) is 9.18 Å². The first kappa shape index (κ1) is 18.5. The fraction of sp³-hybridized carbons (Fsp3) is 0.278. The van der Waals surface area contributed by atoms with Crippen molar-refractivity contribution in [3.05, 3.63) is 58.1 Å². The van der Waals surface area contributed by atoms with Crippen LogP contribution >= 0.6 is 11.6 Å². The van der Waals surface area contributed by atoms with Gasteiger partial charge in [0.15, 0.2) is 22.3 Å². The van der Waals surface area contributed by atoms with Crippen LogP contribution in [0.25, 0.3) is 11.3 Å². The Morgan fingerprint density at radius 2 is 2.11 bits per heavy atom. The number of halogens is 2. The predicted molar refractivity (Wildman–Crippen MR) is 98.8 cm³/mol. The number of aryl methyl sites for hydroxylation is 1. The van der Waals surface area contributed by atoms with E-state index in [1.165, 1.54) is 10.6 Å². The van der Waals surface area contributed by atoms with Crippen LogP contribution < -0.4 is 0 Å². The molecule has 0 fully saturated rings. The number of aromatic nitrogens is 6. The Balaban J connectivity index is 1.61. The molecule has 0 aromatic carbocycles. The number of ether oxygens (including phenoxy) is 1. The molecule has 4 heterocycles. The van der Waals surface area contributed by atoms with Gasteiger partial charge in [0.25, 0.3) is 0 Å². The number of carbonyl (C=O) groups is 1. The highest BCUT2D eigenvalue weighted by atomic mass is 35.5. The number of Topliss-reactive ketones (excluding diaryl/α,β-unsaturated/α-hetero) is 1. The SMILES string of the molecule is COCc1c(CC(=O)Cc2cc(F)c3nc(C)nn3c2)cnc2cc(Cl)nn12. The molecule has 0 unspecified atom stereocenters. The number of ketones is 1. The number of hydrogen-bond acceptors (Lipinski definition) is 6. The summed E-state index contributed by atoms with van der Waals surface area (Å²) in [4.78, 5) is 20.9. The van der Waals surface area contributed by atoms with Gasteiger partial charge in [0.1, 0.15) is 11.6 Å². The first-order valence-electron chi connectivity index (χ1n) is 8.48. The third-order valence-electron chi connectivity index (χ3n) is 4.26. The quantitative estimate of drug-likeness (QED) is 0.492. The molecular formula is C18H16ClFN6O2. The molecule has 0 saturated carbocycles. The third kappa shape index (κ3) is 3.46. The lowest BCUT2D eigenvalue weighted by molar-refractivity contribution is -0.117. The van der Waals surface area contributed by atoms with Gasteiger partial charge in [-0.3, -0.25) is 4.79 Å². The van der Waals surface area contributed by atoms with E-state index in [-0.39, 0.29) is 30.9 Å². The Morgan fingerprint density at radius 3 is 2.89 bits per heavy atom. The standard InChI is InChI=1S/C18H16ClFN6O2/c1-10-22-18-14(20)4-11(8-25(18)23-10)3-13(27)5-12-7-21-17-6-16(19)24-26(17)15(12)9-28-2/h4,6-8H,3,5,9H2,1-2H3. The van der Waals surface area contributed by atoms with E-state index in [0.717, 1.165) is 0 Å². The molecule has 0 saturated heterocycles. The molecular weight excluding hydrogens is 387 g/mol. The maximum Gasteiger partial charge on any atom is 0.191 e. The number of fused-ring (bicyclic) bond motifs is 2. The third-order valence-corrected chi connectivity index (χ3v) is 4.45. The van der Waals surface area contributed by atoms with Crippen LogP contribution in [0, 0.1) is 12.7 Å². The molecule has 4 aromatic rings. The molecule has 8 nitrogen and oxygen atoms in total. The van der Waals surface area contributed by atoms with Crippen LogP contribution in [-0.4, -0.2) is 42.1 Å². The van der Waals surface area contributed by atoms with Gasteiger partial charge in [-0.25, -0.2) is 23.4 Å². The van der Waals surface area contributed by atoms with Gasteiger partial charge < -0.3 is 4.74 Å². The number of methoxy groups -OCH3 is 1. The molecule has 0 aliphatic heterocycles. The van der Waals surface area contributed by atoms with E-state index in [2.05, 4.69) is 20.2 Å². The number of nitrogens with zero attached hydrogens (tertiary/aromatic N) is 6. The van der Waals surface area contributed by atoms with E-state index in [1.54, 1.807) is 37.0 Å². The Kier molecular flexibility index (Phi) is 4.78. The summed E-state index contributed by atoms with van der Waals surface area (Å²) in [6, 6.07) is 2.94. The van der Waals surface area contributed by atoms with E-state index in [4.69, 9.17) is 16.3 Å². The summed E-state index contributed by atoms with van der Waals surface area (Å²) in [6.07, 6.45) is 3.39. The van der Waals surface area contributed by atoms with Crippen LogP contribution in [0.4, 0.5) is 4.39 Å². The molecule has 28 heavy (non-hydrogen) atoms. The second kappa shape index (κ2) is 7.25. The molecule has 144 valence electrons. The van der Waals surface area contributed by atoms with Gasteiger partial charge in [0.2, 0.25) is 0 Å². The molecule has 10 heteroatoms. The van der Waals surface area contributed by atoms with Gasteiger partial charge in [-0.1, -0.05) is 11.6 Å². The zero-order valence-electron chi connectivity index (χ0n) is 15.2. The minimum absolute atomic E-state index is 0.0517. The molecule has 0 aliphatic rings. The Labute approximate surface area is 163 Å². The summed E-state index contributed by atoms with van der Waals surface area (Å²) < 4.78 is 22.4. The average Bonchev–Trinajstić information content (AvgIpc) is 3.18. The maximum atomic E-state index is 14.2. The van der Waals surface area contributed by atoms with Crippen molar-refractivity contribution in [2.24, 2.45) is 0 Å². The normalized spacial score (nSPS) is 11.6. The second-order valence-electron chi connectivity index (χ2n) is 6.42. The van der Waals surface area contributed by atoms with E-state index < -0.39 is 5.82 Å². The van der Waals surface area contributed by atoms with E-state index in [1.807, 2.05) is 0 Å². The van der Waals surface area contributed by atoms with Gasteiger partial charge >= 0.3 is 0 Å². The van der Waals surface area contributed by atoms with E-state index in [0.29, 0.717) is 33.4 Å². The van der Waals surface area contributed by atoms with Gasteiger partial charge in [0.05, 0.1) is 12.3 Å². The molecule has 0 N–H and O–H groups in total. The lowest BCUT2D eigenvalue weighted by Gasteiger charge is -2.10. The summed E-state index contributed by atoms with van der Waals surface area (Å²) >= 11 is 5.96. The van der Waals surface area contributed by atoms with Crippen LogP contribution in [0.15, 0.2) is 24.5 Å². The molecule has 0 spiro atoms. The highest BCUT2D eigenvalue weighted by molar-refractivity contribution is 6.29. The molecule has 0 bridgehead atoms. The van der Waals surface area contributed by atoms with Crippen molar-refractivity contribution in [3.8, 4) is 0 Å². The maximum absolute atomic E-state index is 14.2. The van der Waals surface area contributed by atoms with Crippen LogP contribution in [-0.2, 0) is 29.0 Å². The lowest BCUT2D eigenvalue weighted by Crippen LogP contribution is -2.13. The summed E-state index contributed by atoms with van der Waals surface area (Å²) in [5.41, 5.74) is 2.60. The number of carbonyl (C=O) groups excluding carboxylic acids is 1. The highest BCUT2D eigenvalue weighted by Gasteiger charge is 2.16. The van der Waals surface area contributed by atoms with Crippen molar-refractivity contribution in [1.29, 1.82) is 0 Å². The monoisotopic (exact) mass is 402 g/mol. The van der Waals surface area contributed by atoms with Gasteiger partial charge in [-0.2, -0.15) is 10.2 Å². The summed E-state index contributed by atoms with van der Waals surface area (Å²) in [5.74, 6) is -0.156. The van der Waals surface area contributed by atoms with Gasteiger partial charge in [0, 0.05) is 44.0 Å². The molecule has 0 aliphatic carbocycles. The minimum atomic E-state index is -0.514.